The molecule has 1 atom stereocenters. The van der Waals surface area contributed by atoms with Crippen molar-refractivity contribution in [3.8, 4) is 0 Å². The van der Waals surface area contributed by atoms with E-state index in [-0.39, 0.29) is 23.5 Å². The molecule has 0 aliphatic heterocycles. The Kier molecular flexibility index (Phi) is 6.19. The highest BCUT2D eigenvalue weighted by atomic mass is 32.2. The number of sulfonamides is 1. The summed E-state index contributed by atoms with van der Waals surface area (Å²) in [6, 6.07) is 4.82. The van der Waals surface area contributed by atoms with Gasteiger partial charge in [0, 0.05) is 32.4 Å². The molecule has 0 aliphatic rings. The molecule has 2 N–H and O–H groups in total. The molecule has 0 aliphatic carbocycles. The fourth-order valence-electron chi connectivity index (χ4n) is 2.17. The van der Waals surface area contributed by atoms with E-state index in [0.717, 1.165) is 11.3 Å². The molecule has 5 nitrogen and oxygen atoms in total. The average molecular weight is 314 g/mol. The van der Waals surface area contributed by atoms with E-state index < -0.39 is 10.0 Å². The highest BCUT2D eigenvalue weighted by molar-refractivity contribution is 7.89. The molecule has 0 bridgehead atoms. The third-order valence-corrected chi connectivity index (χ3v) is 5.01. The number of aliphatic hydroxyl groups is 1. The van der Waals surface area contributed by atoms with Crippen molar-refractivity contribution in [1.29, 1.82) is 0 Å². The molecule has 0 fully saturated rings. The summed E-state index contributed by atoms with van der Waals surface area (Å²) in [5.74, 6) is 0.116. The normalized spacial score (nSPS) is 13.5. The van der Waals surface area contributed by atoms with E-state index >= 15 is 0 Å². The highest BCUT2D eigenvalue weighted by Gasteiger charge is 2.22. The van der Waals surface area contributed by atoms with Gasteiger partial charge in [0.25, 0.3) is 0 Å². The molecule has 6 heteroatoms. The van der Waals surface area contributed by atoms with Crippen molar-refractivity contribution in [3.63, 3.8) is 0 Å². The maximum atomic E-state index is 12.5. The molecular weight excluding hydrogens is 288 g/mol. The Morgan fingerprint density at radius 1 is 1.29 bits per heavy atom. The number of nitrogens with one attached hydrogen (secondary N) is 1. The van der Waals surface area contributed by atoms with Crippen LogP contribution in [0.1, 0.15) is 25.8 Å². The topological polar surface area (TPSA) is 69.6 Å². The Balaban J connectivity index is 3.10. The van der Waals surface area contributed by atoms with Gasteiger partial charge in [0.2, 0.25) is 10.0 Å². The van der Waals surface area contributed by atoms with Gasteiger partial charge in [0.15, 0.2) is 0 Å². The molecule has 0 amide bonds. The number of benzene rings is 1. The summed E-state index contributed by atoms with van der Waals surface area (Å²) in [7, 11) is 0.180. The van der Waals surface area contributed by atoms with Gasteiger partial charge < -0.3 is 10.0 Å². The Hall–Kier alpha value is -1.11. The molecule has 0 spiro atoms. The van der Waals surface area contributed by atoms with E-state index in [2.05, 4.69) is 4.72 Å². The molecule has 1 aromatic rings. The Morgan fingerprint density at radius 2 is 1.90 bits per heavy atom. The average Bonchev–Trinajstić information content (AvgIpc) is 2.37. The van der Waals surface area contributed by atoms with Crippen molar-refractivity contribution in [2.75, 3.05) is 25.6 Å². The summed E-state index contributed by atoms with van der Waals surface area (Å²) in [6.45, 7) is 5.77. The van der Waals surface area contributed by atoms with E-state index in [1.54, 1.807) is 18.2 Å². The minimum atomic E-state index is -3.59. The lowest BCUT2D eigenvalue weighted by atomic mass is 10.0. The Bertz CT molecular complexity index is 568. The predicted octanol–water partition coefficient (Wildman–Crippen LogP) is 1.75. The molecule has 120 valence electrons. The summed E-state index contributed by atoms with van der Waals surface area (Å²) < 4.78 is 27.7. The van der Waals surface area contributed by atoms with Crippen LogP contribution in [0.15, 0.2) is 23.1 Å². The van der Waals surface area contributed by atoms with Gasteiger partial charge in [-0.1, -0.05) is 19.9 Å². The minimum absolute atomic E-state index is 0.0395. The van der Waals surface area contributed by atoms with E-state index in [4.69, 9.17) is 5.11 Å². The van der Waals surface area contributed by atoms with Crippen LogP contribution in [0.5, 0.6) is 0 Å². The van der Waals surface area contributed by atoms with Gasteiger partial charge in [0.1, 0.15) is 0 Å². The van der Waals surface area contributed by atoms with Crippen molar-refractivity contribution < 1.29 is 13.5 Å². The van der Waals surface area contributed by atoms with Gasteiger partial charge in [0.05, 0.1) is 4.90 Å². The summed E-state index contributed by atoms with van der Waals surface area (Å²) >= 11 is 0. The van der Waals surface area contributed by atoms with Crippen molar-refractivity contribution in [1.82, 2.24) is 4.72 Å². The number of anilines is 1. The number of rotatable bonds is 7. The molecule has 0 saturated carbocycles. The molecule has 1 aromatic carbocycles. The van der Waals surface area contributed by atoms with E-state index in [0.29, 0.717) is 6.42 Å². The van der Waals surface area contributed by atoms with Gasteiger partial charge in [-0.15, -0.1) is 0 Å². The molecular formula is C15H26N2O3S. The number of aryl methyl sites for hydroxylation is 1. The fraction of sp³-hybridized carbons (Fsp3) is 0.600. The quantitative estimate of drug-likeness (QED) is 0.804. The highest BCUT2D eigenvalue weighted by Crippen LogP contribution is 2.23. The molecule has 0 saturated heterocycles. The fourth-order valence-corrected chi connectivity index (χ4v) is 3.61. The SMILES string of the molecule is Cc1ccc(S(=O)(=O)NC(CCO)C(C)C)cc1N(C)C. The first-order chi connectivity index (χ1) is 9.69. The van der Waals surface area contributed by atoms with Crippen LogP contribution < -0.4 is 9.62 Å². The third-order valence-electron chi connectivity index (χ3n) is 3.52. The molecule has 21 heavy (non-hydrogen) atoms. The zero-order chi connectivity index (χ0) is 16.2. The standard InChI is InChI=1S/C15H26N2O3S/c1-11(2)14(8-9-18)16-21(19,20)13-7-6-12(3)15(10-13)17(4)5/h6-7,10-11,14,16,18H,8-9H2,1-5H3. The number of hydrogen-bond acceptors (Lipinski definition) is 4. The number of aliphatic hydroxyl groups excluding tert-OH is 1. The lowest BCUT2D eigenvalue weighted by molar-refractivity contribution is 0.256. The molecule has 1 unspecified atom stereocenters. The lowest BCUT2D eigenvalue weighted by Gasteiger charge is -2.22. The van der Waals surface area contributed by atoms with Gasteiger partial charge in [-0.05, 0) is 37.0 Å². The van der Waals surface area contributed by atoms with Crippen LogP contribution in [-0.4, -0.2) is 40.3 Å². The van der Waals surface area contributed by atoms with E-state index in [1.165, 1.54) is 0 Å². The molecule has 0 aromatic heterocycles. The van der Waals surface area contributed by atoms with Crippen molar-refractivity contribution >= 4 is 15.7 Å². The van der Waals surface area contributed by atoms with Crippen LogP contribution in [0.2, 0.25) is 0 Å². The lowest BCUT2D eigenvalue weighted by Crippen LogP contribution is -2.39. The monoisotopic (exact) mass is 314 g/mol. The third kappa shape index (κ3) is 4.69. The van der Waals surface area contributed by atoms with Crippen molar-refractivity contribution in [3.05, 3.63) is 23.8 Å². The zero-order valence-electron chi connectivity index (χ0n) is 13.4. The van der Waals surface area contributed by atoms with Gasteiger partial charge >= 0.3 is 0 Å². The van der Waals surface area contributed by atoms with Gasteiger partial charge in [-0.25, -0.2) is 13.1 Å². The van der Waals surface area contributed by atoms with Crippen molar-refractivity contribution in [2.45, 2.75) is 38.1 Å². The van der Waals surface area contributed by atoms with Gasteiger partial charge in [-0.3, -0.25) is 0 Å². The summed E-state index contributed by atoms with van der Waals surface area (Å²) in [5, 5.41) is 9.06. The number of hydrogen-bond donors (Lipinski definition) is 2. The Morgan fingerprint density at radius 3 is 2.38 bits per heavy atom. The van der Waals surface area contributed by atoms with Crippen LogP contribution in [0.25, 0.3) is 0 Å². The van der Waals surface area contributed by atoms with Crippen LogP contribution in [0.4, 0.5) is 5.69 Å². The second kappa shape index (κ2) is 7.24. The first-order valence-corrected chi connectivity index (χ1v) is 8.58. The first kappa shape index (κ1) is 17.9. The zero-order valence-corrected chi connectivity index (χ0v) is 14.2. The summed E-state index contributed by atoms with van der Waals surface area (Å²) in [5.41, 5.74) is 1.90. The van der Waals surface area contributed by atoms with E-state index in [1.807, 2.05) is 39.8 Å². The van der Waals surface area contributed by atoms with Crippen LogP contribution in [0.3, 0.4) is 0 Å². The Labute approximate surface area is 128 Å². The number of nitrogens with zero attached hydrogens (tertiary/aromatic N) is 1. The maximum absolute atomic E-state index is 12.5. The second-order valence-corrected chi connectivity index (χ2v) is 7.54. The summed E-state index contributed by atoms with van der Waals surface area (Å²) in [6.07, 6.45) is 0.406. The minimum Gasteiger partial charge on any atom is -0.396 e. The first-order valence-electron chi connectivity index (χ1n) is 7.10. The van der Waals surface area contributed by atoms with Crippen LogP contribution >= 0.6 is 0 Å². The largest absolute Gasteiger partial charge is 0.396 e. The van der Waals surface area contributed by atoms with Crippen LogP contribution in [-0.2, 0) is 10.0 Å². The predicted molar refractivity (Wildman–Crippen MR) is 86.2 cm³/mol. The summed E-state index contributed by atoms with van der Waals surface area (Å²) in [4.78, 5) is 2.14. The molecule has 0 heterocycles. The van der Waals surface area contributed by atoms with Crippen molar-refractivity contribution in [2.24, 2.45) is 5.92 Å². The van der Waals surface area contributed by atoms with E-state index in [9.17, 15) is 8.42 Å². The molecule has 0 radical (unpaired) electrons. The smallest absolute Gasteiger partial charge is 0.240 e. The van der Waals surface area contributed by atoms with Gasteiger partial charge in [-0.2, -0.15) is 0 Å². The maximum Gasteiger partial charge on any atom is 0.240 e. The van der Waals surface area contributed by atoms with Crippen LogP contribution in [0, 0.1) is 12.8 Å². The molecule has 1 rings (SSSR count). The second-order valence-electron chi connectivity index (χ2n) is 5.83.